The minimum Gasteiger partial charge on any atom is -0.481 e. The van der Waals surface area contributed by atoms with Gasteiger partial charge in [-0.15, -0.1) is 11.3 Å². The number of carboxylic acids is 1. The van der Waals surface area contributed by atoms with Crippen molar-refractivity contribution >= 4 is 17.3 Å². The second-order valence-electron chi connectivity index (χ2n) is 4.20. The van der Waals surface area contributed by atoms with E-state index >= 15 is 0 Å². The van der Waals surface area contributed by atoms with Gasteiger partial charge < -0.3 is 10.8 Å². The SMILES string of the molecule is NCC(Cc1nccs1)(C(=O)O)c1ccc(F)cc1. The molecule has 6 heteroatoms. The summed E-state index contributed by atoms with van der Waals surface area (Å²) in [5, 5.41) is 12.0. The smallest absolute Gasteiger partial charge is 0.315 e. The average molecular weight is 280 g/mol. The first-order valence-electron chi connectivity index (χ1n) is 5.66. The summed E-state index contributed by atoms with van der Waals surface area (Å²) in [6.45, 7) is -0.0758. The van der Waals surface area contributed by atoms with Gasteiger partial charge in [-0.25, -0.2) is 9.37 Å². The molecule has 0 aliphatic rings. The Morgan fingerprint density at radius 3 is 2.58 bits per heavy atom. The third-order valence-corrected chi connectivity index (χ3v) is 3.87. The van der Waals surface area contributed by atoms with E-state index in [-0.39, 0.29) is 13.0 Å². The molecule has 0 aliphatic carbocycles. The van der Waals surface area contributed by atoms with E-state index in [1.807, 2.05) is 0 Å². The quantitative estimate of drug-likeness (QED) is 0.875. The fourth-order valence-corrected chi connectivity index (χ4v) is 2.68. The van der Waals surface area contributed by atoms with E-state index < -0.39 is 17.2 Å². The van der Waals surface area contributed by atoms with E-state index in [1.54, 1.807) is 11.6 Å². The van der Waals surface area contributed by atoms with Crippen molar-refractivity contribution in [3.8, 4) is 0 Å². The summed E-state index contributed by atoms with van der Waals surface area (Å²) in [6.07, 6.45) is 1.82. The van der Waals surface area contributed by atoms with Gasteiger partial charge in [-0.05, 0) is 17.7 Å². The topological polar surface area (TPSA) is 76.2 Å². The van der Waals surface area contributed by atoms with Gasteiger partial charge >= 0.3 is 5.97 Å². The Morgan fingerprint density at radius 1 is 1.42 bits per heavy atom. The van der Waals surface area contributed by atoms with Gasteiger partial charge in [0.2, 0.25) is 0 Å². The molecule has 0 saturated heterocycles. The summed E-state index contributed by atoms with van der Waals surface area (Å²) in [5.74, 6) is -1.44. The number of hydrogen-bond acceptors (Lipinski definition) is 4. The molecule has 3 N–H and O–H groups in total. The fourth-order valence-electron chi connectivity index (χ4n) is 1.95. The maximum atomic E-state index is 13.0. The summed E-state index contributed by atoms with van der Waals surface area (Å²) in [5.41, 5.74) is 4.91. The van der Waals surface area contributed by atoms with Gasteiger partial charge in [0.25, 0.3) is 0 Å². The second-order valence-corrected chi connectivity index (χ2v) is 5.18. The zero-order valence-electron chi connectivity index (χ0n) is 10.0. The summed E-state index contributed by atoms with van der Waals surface area (Å²) in [7, 11) is 0. The highest BCUT2D eigenvalue weighted by Crippen LogP contribution is 2.29. The lowest BCUT2D eigenvalue weighted by molar-refractivity contribution is -0.143. The first-order valence-corrected chi connectivity index (χ1v) is 6.54. The van der Waals surface area contributed by atoms with E-state index in [0.29, 0.717) is 10.6 Å². The van der Waals surface area contributed by atoms with Crippen molar-refractivity contribution in [1.82, 2.24) is 4.98 Å². The molecular formula is C13H13FN2O2S. The van der Waals surface area contributed by atoms with Crippen molar-refractivity contribution in [2.45, 2.75) is 11.8 Å². The number of aliphatic carboxylic acids is 1. The molecular weight excluding hydrogens is 267 g/mol. The highest BCUT2D eigenvalue weighted by atomic mass is 32.1. The predicted octanol–water partition coefficient (Wildman–Crippen LogP) is 1.81. The number of nitrogens with two attached hydrogens (primary N) is 1. The first-order chi connectivity index (χ1) is 9.08. The number of aromatic nitrogens is 1. The largest absolute Gasteiger partial charge is 0.481 e. The Hall–Kier alpha value is -1.79. The Labute approximate surface area is 113 Å². The first kappa shape index (κ1) is 13.6. The number of rotatable bonds is 5. The zero-order chi connectivity index (χ0) is 13.9. The van der Waals surface area contributed by atoms with Crippen LogP contribution in [0.1, 0.15) is 10.6 Å². The van der Waals surface area contributed by atoms with E-state index in [9.17, 15) is 14.3 Å². The van der Waals surface area contributed by atoms with Crippen LogP contribution in [0.3, 0.4) is 0 Å². The molecule has 0 aliphatic heterocycles. The minimum atomic E-state index is -1.27. The van der Waals surface area contributed by atoms with Crippen LogP contribution >= 0.6 is 11.3 Å². The average Bonchev–Trinajstić information content (AvgIpc) is 2.89. The van der Waals surface area contributed by atoms with E-state index in [2.05, 4.69) is 4.98 Å². The highest BCUT2D eigenvalue weighted by molar-refractivity contribution is 7.09. The van der Waals surface area contributed by atoms with E-state index in [4.69, 9.17) is 5.73 Å². The Kier molecular flexibility index (Phi) is 3.92. The summed E-state index contributed by atoms with van der Waals surface area (Å²) in [6, 6.07) is 5.41. The van der Waals surface area contributed by atoms with Crippen LogP contribution in [-0.4, -0.2) is 22.6 Å². The molecule has 1 unspecified atom stereocenters. The van der Waals surface area contributed by atoms with Gasteiger partial charge in [0.1, 0.15) is 11.2 Å². The number of benzene rings is 1. The molecule has 0 spiro atoms. The maximum Gasteiger partial charge on any atom is 0.315 e. The third-order valence-electron chi connectivity index (χ3n) is 3.09. The molecule has 0 saturated carbocycles. The third kappa shape index (κ3) is 2.64. The van der Waals surface area contributed by atoms with Crippen molar-refractivity contribution in [3.63, 3.8) is 0 Å². The number of nitrogens with zero attached hydrogens (tertiary/aromatic N) is 1. The lowest BCUT2D eigenvalue weighted by Gasteiger charge is -2.27. The molecule has 1 aromatic heterocycles. The molecule has 0 bridgehead atoms. The number of carbonyl (C=O) groups is 1. The van der Waals surface area contributed by atoms with Crippen molar-refractivity contribution in [2.24, 2.45) is 5.73 Å². The molecule has 0 radical (unpaired) electrons. The lowest BCUT2D eigenvalue weighted by Crippen LogP contribution is -2.45. The molecule has 4 nitrogen and oxygen atoms in total. The Bertz CT molecular complexity index is 557. The molecule has 19 heavy (non-hydrogen) atoms. The van der Waals surface area contributed by atoms with Gasteiger partial charge in [0.15, 0.2) is 0 Å². The number of carboxylic acid groups (broad SMARTS) is 1. The number of halogens is 1. The monoisotopic (exact) mass is 280 g/mol. The fraction of sp³-hybridized carbons (Fsp3) is 0.231. The molecule has 2 rings (SSSR count). The molecule has 0 amide bonds. The predicted molar refractivity (Wildman–Crippen MR) is 70.6 cm³/mol. The normalized spacial score (nSPS) is 14.0. The summed E-state index contributed by atoms with van der Waals surface area (Å²) < 4.78 is 13.0. The molecule has 1 aromatic carbocycles. The highest BCUT2D eigenvalue weighted by Gasteiger charge is 2.40. The summed E-state index contributed by atoms with van der Waals surface area (Å²) in [4.78, 5) is 15.8. The van der Waals surface area contributed by atoms with Crippen LogP contribution in [0.2, 0.25) is 0 Å². The van der Waals surface area contributed by atoms with Crippen molar-refractivity contribution in [3.05, 3.63) is 52.2 Å². The molecule has 1 heterocycles. The van der Waals surface area contributed by atoms with Crippen molar-refractivity contribution in [1.29, 1.82) is 0 Å². The van der Waals surface area contributed by atoms with Gasteiger partial charge in [-0.3, -0.25) is 4.79 Å². The lowest BCUT2D eigenvalue weighted by atomic mass is 9.78. The molecule has 2 aromatic rings. The summed E-state index contributed by atoms with van der Waals surface area (Å²) >= 11 is 1.38. The van der Waals surface area contributed by atoms with Crippen LogP contribution in [-0.2, 0) is 16.6 Å². The van der Waals surface area contributed by atoms with Crippen LogP contribution < -0.4 is 5.73 Å². The zero-order valence-corrected chi connectivity index (χ0v) is 10.9. The van der Waals surface area contributed by atoms with Crippen LogP contribution in [0.5, 0.6) is 0 Å². The standard InChI is InChI=1S/C13H13FN2O2S/c14-10-3-1-9(2-4-10)13(8-15,12(17)18)7-11-16-5-6-19-11/h1-6H,7-8,15H2,(H,17,18). The number of hydrogen-bond donors (Lipinski definition) is 2. The Morgan fingerprint density at radius 2 is 2.11 bits per heavy atom. The van der Waals surface area contributed by atoms with Gasteiger partial charge in [-0.2, -0.15) is 0 Å². The van der Waals surface area contributed by atoms with Crippen LogP contribution in [0.25, 0.3) is 0 Å². The van der Waals surface area contributed by atoms with Crippen molar-refractivity contribution < 1.29 is 14.3 Å². The number of thiazole rings is 1. The molecule has 0 fully saturated rings. The molecule has 100 valence electrons. The maximum absolute atomic E-state index is 13.0. The van der Waals surface area contributed by atoms with Crippen molar-refractivity contribution in [2.75, 3.05) is 6.54 Å². The van der Waals surface area contributed by atoms with Crippen LogP contribution in [0.15, 0.2) is 35.8 Å². The van der Waals surface area contributed by atoms with Gasteiger partial charge in [-0.1, -0.05) is 12.1 Å². The Balaban J connectivity index is 2.44. The second kappa shape index (κ2) is 5.46. The van der Waals surface area contributed by atoms with Crippen LogP contribution in [0.4, 0.5) is 4.39 Å². The minimum absolute atomic E-state index is 0.0758. The van der Waals surface area contributed by atoms with Crippen LogP contribution in [0, 0.1) is 5.82 Å². The van der Waals surface area contributed by atoms with Gasteiger partial charge in [0, 0.05) is 24.5 Å². The van der Waals surface area contributed by atoms with E-state index in [0.717, 1.165) is 0 Å². The molecule has 1 atom stereocenters. The van der Waals surface area contributed by atoms with Gasteiger partial charge in [0.05, 0.1) is 5.01 Å². The van der Waals surface area contributed by atoms with E-state index in [1.165, 1.54) is 35.6 Å².